The van der Waals surface area contributed by atoms with Crippen molar-refractivity contribution in [2.45, 2.75) is 31.6 Å². The SMILES string of the molecule is CC1(C)c2ccccc2-c2ccc(-n3c4c(c5ccccc53)-c3ccccc3N(c3cccc(C5N=C(c6cccc(-c7ccccc7)c6)NC(c6ccccc6)N5)c3)c3ccccc3-4)cc21. The summed E-state index contributed by atoms with van der Waals surface area (Å²) in [6.45, 7) is 4.73. The average Bonchev–Trinajstić information content (AvgIpc) is 3.80. The number of para-hydroxylation sites is 3. The van der Waals surface area contributed by atoms with E-state index in [-0.39, 0.29) is 17.7 Å². The van der Waals surface area contributed by atoms with Gasteiger partial charge in [-0.25, -0.2) is 4.99 Å². The molecular formula is C62H47N5. The highest BCUT2D eigenvalue weighted by molar-refractivity contribution is 6.13. The molecule has 320 valence electrons. The van der Waals surface area contributed by atoms with Crippen LogP contribution in [0.15, 0.2) is 229 Å². The number of fused-ring (bicyclic) bond motifs is 10. The lowest BCUT2D eigenvalue weighted by Gasteiger charge is -2.33. The Morgan fingerprint density at radius 2 is 1.09 bits per heavy atom. The molecule has 3 aliphatic rings. The van der Waals surface area contributed by atoms with Crippen LogP contribution in [0.4, 0.5) is 17.1 Å². The minimum Gasteiger partial charge on any atom is -0.350 e. The molecule has 13 rings (SSSR count). The monoisotopic (exact) mass is 861 g/mol. The van der Waals surface area contributed by atoms with Crippen molar-refractivity contribution in [1.82, 2.24) is 15.2 Å². The molecule has 5 heteroatoms. The average molecular weight is 862 g/mol. The van der Waals surface area contributed by atoms with Crippen LogP contribution < -0.4 is 15.5 Å². The van der Waals surface area contributed by atoms with E-state index >= 15 is 0 Å². The summed E-state index contributed by atoms with van der Waals surface area (Å²) in [6, 6.07) is 81.6. The molecule has 0 fully saturated rings. The van der Waals surface area contributed by atoms with Gasteiger partial charge in [0.2, 0.25) is 0 Å². The third kappa shape index (κ3) is 6.30. The predicted molar refractivity (Wildman–Crippen MR) is 277 cm³/mol. The van der Waals surface area contributed by atoms with Gasteiger partial charge >= 0.3 is 0 Å². The second kappa shape index (κ2) is 15.4. The molecule has 2 unspecified atom stereocenters. The van der Waals surface area contributed by atoms with Gasteiger partial charge in [0.05, 0.1) is 22.6 Å². The fraction of sp³-hybridized carbons (Fsp3) is 0.0806. The lowest BCUT2D eigenvalue weighted by Crippen LogP contribution is -2.45. The standard InChI is InChI=1S/C62H47N5/c1-62(2)52-31-13-9-27-47(52)48-36-35-46(39-53(48)62)67-55-33-15-11-29-50(55)57-49-28-10-14-32-54(49)66(56-34-16-12-30-51(56)58(57)67)45-26-18-25-44(38-45)61-64-59(41-21-7-4-8-22-41)63-60(65-61)43-24-17-23-42(37-43)40-19-5-3-6-20-40/h3-39,59,61,64H,1-2H3,(H,63,65). The van der Waals surface area contributed by atoms with Gasteiger partial charge in [-0.15, -0.1) is 0 Å². The molecule has 0 spiro atoms. The van der Waals surface area contributed by atoms with Gasteiger partial charge in [-0.05, 0) is 93.0 Å². The number of nitrogens with one attached hydrogen (secondary N) is 2. The molecule has 0 saturated heterocycles. The molecule has 10 aromatic rings. The third-order valence-corrected chi connectivity index (χ3v) is 14.2. The van der Waals surface area contributed by atoms with E-state index in [4.69, 9.17) is 4.99 Å². The Morgan fingerprint density at radius 1 is 0.463 bits per heavy atom. The zero-order valence-corrected chi connectivity index (χ0v) is 37.4. The summed E-state index contributed by atoms with van der Waals surface area (Å²) >= 11 is 0. The van der Waals surface area contributed by atoms with Crippen LogP contribution >= 0.6 is 0 Å². The highest BCUT2D eigenvalue weighted by Gasteiger charge is 2.37. The highest BCUT2D eigenvalue weighted by atomic mass is 15.3. The molecule has 3 heterocycles. The molecule has 9 aromatic carbocycles. The van der Waals surface area contributed by atoms with Crippen LogP contribution in [0, 0.1) is 0 Å². The topological polar surface area (TPSA) is 44.6 Å². The van der Waals surface area contributed by atoms with Gasteiger partial charge in [0.25, 0.3) is 0 Å². The molecule has 2 aliphatic heterocycles. The van der Waals surface area contributed by atoms with Crippen molar-refractivity contribution in [3.63, 3.8) is 0 Å². The molecule has 2 atom stereocenters. The van der Waals surface area contributed by atoms with Crippen LogP contribution in [0.5, 0.6) is 0 Å². The van der Waals surface area contributed by atoms with Crippen molar-refractivity contribution in [3.05, 3.63) is 252 Å². The second-order valence-corrected chi connectivity index (χ2v) is 18.4. The summed E-state index contributed by atoms with van der Waals surface area (Å²) in [7, 11) is 0. The van der Waals surface area contributed by atoms with Crippen molar-refractivity contribution in [1.29, 1.82) is 0 Å². The van der Waals surface area contributed by atoms with Crippen molar-refractivity contribution >= 4 is 33.8 Å². The van der Waals surface area contributed by atoms with Crippen molar-refractivity contribution < 1.29 is 0 Å². The van der Waals surface area contributed by atoms with E-state index in [1.807, 2.05) is 0 Å². The van der Waals surface area contributed by atoms with Crippen molar-refractivity contribution in [2.24, 2.45) is 4.99 Å². The number of amidine groups is 1. The molecule has 1 aliphatic carbocycles. The number of rotatable bonds is 6. The van der Waals surface area contributed by atoms with Crippen LogP contribution in [-0.2, 0) is 5.41 Å². The van der Waals surface area contributed by atoms with Crippen LogP contribution in [0.1, 0.15) is 54.0 Å². The fourth-order valence-corrected chi connectivity index (χ4v) is 11.0. The zero-order chi connectivity index (χ0) is 44.6. The highest BCUT2D eigenvalue weighted by Crippen LogP contribution is 2.55. The molecular weight excluding hydrogens is 815 g/mol. The van der Waals surface area contributed by atoms with Crippen molar-refractivity contribution in [2.75, 3.05) is 4.90 Å². The summed E-state index contributed by atoms with van der Waals surface area (Å²) in [4.78, 5) is 7.91. The fourth-order valence-electron chi connectivity index (χ4n) is 11.0. The molecule has 0 radical (unpaired) electrons. The first-order valence-electron chi connectivity index (χ1n) is 23.3. The molecule has 2 N–H and O–H groups in total. The van der Waals surface area contributed by atoms with Gasteiger partial charge in [0.1, 0.15) is 18.2 Å². The van der Waals surface area contributed by atoms with Crippen LogP contribution in [0.2, 0.25) is 0 Å². The van der Waals surface area contributed by atoms with Gasteiger partial charge in [-0.3, -0.25) is 5.32 Å². The van der Waals surface area contributed by atoms with Gasteiger partial charge in [0.15, 0.2) is 0 Å². The molecule has 1 aromatic heterocycles. The van der Waals surface area contributed by atoms with Crippen LogP contribution in [-0.4, -0.2) is 10.4 Å². The summed E-state index contributed by atoms with van der Waals surface area (Å²) in [5.41, 5.74) is 21.3. The minimum atomic E-state index is -0.333. The molecule has 5 nitrogen and oxygen atoms in total. The van der Waals surface area contributed by atoms with Gasteiger partial charge in [0, 0.05) is 44.4 Å². The molecule has 0 bridgehead atoms. The quantitative estimate of drug-likeness (QED) is 0.175. The Hall–Kier alpha value is -8.25. The van der Waals surface area contributed by atoms with Gasteiger partial charge in [-0.1, -0.05) is 190 Å². The predicted octanol–water partition coefficient (Wildman–Crippen LogP) is 15.1. The van der Waals surface area contributed by atoms with E-state index in [9.17, 15) is 0 Å². The first-order chi connectivity index (χ1) is 33.0. The van der Waals surface area contributed by atoms with E-state index in [2.05, 4.69) is 258 Å². The van der Waals surface area contributed by atoms with Gasteiger partial charge < -0.3 is 14.8 Å². The molecule has 0 saturated carbocycles. The Balaban J connectivity index is 0.970. The largest absolute Gasteiger partial charge is 0.350 e. The maximum Gasteiger partial charge on any atom is 0.131 e. The smallest absolute Gasteiger partial charge is 0.131 e. The number of aliphatic imine (C=N–C) groups is 1. The van der Waals surface area contributed by atoms with E-state index < -0.39 is 0 Å². The number of aromatic nitrogens is 1. The Bertz CT molecular complexity index is 3580. The number of anilines is 3. The Labute approximate surface area is 391 Å². The number of benzene rings is 9. The Kier molecular flexibility index (Phi) is 9.02. The maximum atomic E-state index is 5.45. The number of hydrogen-bond donors (Lipinski definition) is 2. The maximum absolute atomic E-state index is 5.45. The lowest BCUT2D eigenvalue weighted by molar-refractivity contribution is 0.409. The number of hydrogen-bond acceptors (Lipinski definition) is 4. The number of nitrogens with zero attached hydrogens (tertiary/aromatic N) is 3. The second-order valence-electron chi connectivity index (χ2n) is 18.4. The van der Waals surface area contributed by atoms with E-state index in [0.717, 1.165) is 50.8 Å². The van der Waals surface area contributed by atoms with E-state index in [1.54, 1.807) is 0 Å². The van der Waals surface area contributed by atoms with E-state index in [0.29, 0.717) is 0 Å². The third-order valence-electron chi connectivity index (χ3n) is 14.2. The van der Waals surface area contributed by atoms with Gasteiger partial charge in [-0.2, -0.15) is 0 Å². The summed E-state index contributed by atoms with van der Waals surface area (Å²) < 4.78 is 2.52. The Morgan fingerprint density at radius 3 is 1.93 bits per heavy atom. The normalized spacial score (nSPS) is 16.4. The first-order valence-corrected chi connectivity index (χ1v) is 23.3. The molecule has 67 heavy (non-hydrogen) atoms. The van der Waals surface area contributed by atoms with Crippen LogP contribution in [0.25, 0.3) is 61.2 Å². The zero-order valence-electron chi connectivity index (χ0n) is 37.4. The first kappa shape index (κ1) is 39.1. The summed E-state index contributed by atoms with van der Waals surface area (Å²) in [5.74, 6) is 0.851. The summed E-state index contributed by atoms with van der Waals surface area (Å²) in [6.07, 6.45) is -0.500. The summed E-state index contributed by atoms with van der Waals surface area (Å²) in [5, 5.41) is 8.87. The minimum absolute atomic E-state index is 0.129. The molecule has 0 amide bonds. The van der Waals surface area contributed by atoms with Crippen LogP contribution in [0.3, 0.4) is 0 Å². The lowest BCUT2D eigenvalue weighted by atomic mass is 9.82. The van der Waals surface area contributed by atoms with Crippen molar-refractivity contribution in [3.8, 4) is 50.3 Å². The van der Waals surface area contributed by atoms with E-state index in [1.165, 1.54) is 61.1 Å².